The number of hydrogen-bond acceptors (Lipinski definition) is 2. The van der Waals surface area contributed by atoms with Crippen molar-refractivity contribution in [2.75, 3.05) is 0 Å². The van der Waals surface area contributed by atoms with Crippen LogP contribution in [0.1, 0.15) is 72.8 Å². The lowest BCUT2D eigenvalue weighted by Gasteiger charge is -2.24. The highest BCUT2D eigenvalue weighted by atomic mass is 15.0. The van der Waals surface area contributed by atoms with Crippen LogP contribution in [0.3, 0.4) is 0 Å². The molecule has 244 valence electrons. The summed E-state index contributed by atoms with van der Waals surface area (Å²) in [5.74, 6) is 0. The maximum Gasteiger partial charge on any atom is 0.101 e. The molecule has 0 amide bonds. The fraction of sp³-hybridized carbons (Fsp3) is 0.167. The van der Waals surface area contributed by atoms with E-state index in [1.165, 1.54) is 77.2 Å². The molecule has 7 aromatic rings. The number of rotatable bonds is 6. The van der Waals surface area contributed by atoms with E-state index < -0.39 is 0 Å². The van der Waals surface area contributed by atoms with Crippen molar-refractivity contribution in [3.05, 3.63) is 185 Å². The van der Waals surface area contributed by atoms with Gasteiger partial charge >= 0.3 is 0 Å². The average molecular weight is 647 g/mol. The molecule has 1 atom stereocenters. The third kappa shape index (κ3) is 4.66. The smallest absolute Gasteiger partial charge is 0.101 e. The summed E-state index contributed by atoms with van der Waals surface area (Å²) in [6.07, 6.45) is 2.78. The Morgan fingerprint density at radius 1 is 0.580 bits per heavy atom. The Labute approximate surface area is 295 Å². The second kappa shape index (κ2) is 11.3. The second-order valence-electron chi connectivity index (χ2n) is 15.2. The van der Waals surface area contributed by atoms with Crippen molar-refractivity contribution in [1.29, 1.82) is 0 Å². The molecule has 7 aromatic carbocycles. The van der Waals surface area contributed by atoms with Crippen LogP contribution in [0, 0.1) is 0 Å². The summed E-state index contributed by atoms with van der Waals surface area (Å²) >= 11 is 0. The van der Waals surface area contributed by atoms with Crippen LogP contribution in [0.5, 0.6) is 0 Å². The van der Waals surface area contributed by atoms with Crippen LogP contribution < -0.4 is 11.1 Å². The number of nitrogens with one attached hydrogen (secondary N) is 1. The molecule has 0 saturated carbocycles. The zero-order chi connectivity index (χ0) is 34.2. The molecule has 2 nitrogen and oxygen atoms in total. The first-order valence-corrected chi connectivity index (χ1v) is 17.8. The van der Waals surface area contributed by atoms with Gasteiger partial charge in [-0.15, -0.1) is 0 Å². The SMILES string of the molecule is CC1(C)c2cc3ccccc3cc2-c2c(/C(=C/Cc3ccc4c(c3)C(C)(C)c3ccc5ccccc5c3-4)NC(N)c3ccccc3)cccc21. The van der Waals surface area contributed by atoms with Crippen LogP contribution in [-0.2, 0) is 17.3 Å². The van der Waals surface area contributed by atoms with Gasteiger partial charge in [0.15, 0.2) is 0 Å². The normalized spacial score (nSPS) is 15.7. The van der Waals surface area contributed by atoms with Crippen molar-refractivity contribution in [3.8, 4) is 22.3 Å². The van der Waals surface area contributed by atoms with E-state index in [-0.39, 0.29) is 17.0 Å². The van der Waals surface area contributed by atoms with E-state index in [2.05, 4.69) is 173 Å². The quantitative estimate of drug-likeness (QED) is 0.176. The summed E-state index contributed by atoms with van der Waals surface area (Å²) in [6.45, 7) is 9.45. The van der Waals surface area contributed by atoms with Gasteiger partial charge in [0.1, 0.15) is 6.17 Å². The lowest BCUT2D eigenvalue weighted by molar-refractivity contribution is 0.658. The molecule has 0 aromatic heterocycles. The van der Waals surface area contributed by atoms with Gasteiger partial charge in [-0.1, -0.05) is 161 Å². The highest BCUT2D eigenvalue weighted by Gasteiger charge is 2.38. The third-order valence-corrected chi connectivity index (χ3v) is 11.5. The number of hydrogen-bond donors (Lipinski definition) is 2. The summed E-state index contributed by atoms with van der Waals surface area (Å²) in [6, 6.07) is 51.1. The molecule has 3 N–H and O–H groups in total. The maximum absolute atomic E-state index is 6.92. The zero-order valence-electron chi connectivity index (χ0n) is 29.2. The molecule has 50 heavy (non-hydrogen) atoms. The Balaban J connectivity index is 1.17. The molecule has 1 unspecified atom stereocenters. The summed E-state index contributed by atoms with van der Waals surface area (Å²) in [4.78, 5) is 0. The Morgan fingerprint density at radius 2 is 1.24 bits per heavy atom. The van der Waals surface area contributed by atoms with Crippen LogP contribution in [0.25, 0.3) is 49.5 Å². The molecule has 2 aliphatic carbocycles. The topological polar surface area (TPSA) is 38.0 Å². The first kappa shape index (κ1) is 30.6. The Bertz CT molecular complexity index is 2500. The summed E-state index contributed by atoms with van der Waals surface area (Å²) < 4.78 is 0. The van der Waals surface area contributed by atoms with Gasteiger partial charge in [0.25, 0.3) is 0 Å². The van der Waals surface area contributed by atoms with E-state index >= 15 is 0 Å². The molecule has 0 fully saturated rings. The van der Waals surface area contributed by atoms with Gasteiger partial charge in [0.2, 0.25) is 0 Å². The first-order valence-electron chi connectivity index (χ1n) is 17.8. The van der Waals surface area contributed by atoms with E-state index in [1.807, 2.05) is 6.07 Å². The summed E-state index contributed by atoms with van der Waals surface area (Å²) in [5, 5.41) is 8.96. The Morgan fingerprint density at radius 3 is 2.02 bits per heavy atom. The Hall–Kier alpha value is -5.44. The lowest BCUT2D eigenvalue weighted by atomic mass is 9.81. The number of allylic oxidation sites excluding steroid dienone is 1. The molecule has 0 aliphatic heterocycles. The van der Waals surface area contributed by atoms with Crippen LogP contribution in [-0.4, -0.2) is 0 Å². The van der Waals surface area contributed by atoms with Crippen molar-refractivity contribution < 1.29 is 0 Å². The summed E-state index contributed by atoms with van der Waals surface area (Å²) in [5.41, 5.74) is 22.2. The minimum atomic E-state index is -0.356. The van der Waals surface area contributed by atoms with Crippen molar-refractivity contribution in [3.63, 3.8) is 0 Å². The Kier molecular flexibility index (Phi) is 6.92. The predicted molar refractivity (Wildman–Crippen MR) is 211 cm³/mol. The molecule has 2 aliphatic rings. The first-order chi connectivity index (χ1) is 24.2. The minimum absolute atomic E-state index is 0.0799. The summed E-state index contributed by atoms with van der Waals surface area (Å²) in [7, 11) is 0. The largest absolute Gasteiger partial charge is 0.366 e. The van der Waals surface area contributed by atoms with Gasteiger partial charge in [-0.05, 0) is 95.7 Å². The maximum atomic E-state index is 6.92. The van der Waals surface area contributed by atoms with Gasteiger partial charge in [-0.2, -0.15) is 0 Å². The van der Waals surface area contributed by atoms with Crippen molar-refractivity contribution in [2.45, 2.75) is 51.1 Å². The van der Waals surface area contributed by atoms with Gasteiger partial charge < -0.3 is 11.1 Å². The second-order valence-corrected chi connectivity index (χ2v) is 15.2. The average Bonchev–Trinajstić information content (AvgIpc) is 3.51. The van der Waals surface area contributed by atoms with E-state index in [9.17, 15) is 0 Å². The molecule has 0 radical (unpaired) electrons. The van der Waals surface area contributed by atoms with Crippen LogP contribution in [0.2, 0.25) is 0 Å². The van der Waals surface area contributed by atoms with Crippen LogP contribution >= 0.6 is 0 Å². The van der Waals surface area contributed by atoms with Gasteiger partial charge in [-0.25, -0.2) is 0 Å². The minimum Gasteiger partial charge on any atom is -0.366 e. The highest BCUT2D eigenvalue weighted by molar-refractivity contribution is 6.02. The van der Waals surface area contributed by atoms with E-state index in [4.69, 9.17) is 5.73 Å². The molecule has 0 saturated heterocycles. The van der Waals surface area contributed by atoms with Crippen molar-refractivity contribution >= 4 is 27.2 Å². The standard InChI is InChI=1S/C48H42N2/c1-47(2)39-20-12-19-37(45(39)38-28-33-16-8-9-17-34(33)29-42(38)47)43(50-46(49)32-14-6-5-7-15-32)26-22-30-21-24-36-41(27-30)48(3,4)40-25-23-31-13-10-11-18-35(31)44(36)40/h5-21,23-29,46,50H,22,49H2,1-4H3/b43-26-. The molecule has 9 rings (SSSR count). The number of nitrogens with two attached hydrogens (primary N) is 1. The van der Waals surface area contributed by atoms with Crippen LogP contribution in [0.15, 0.2) is 146 Å². The van der Waals surface area contributed by atoms with Crippen molar-refractivity contribution in [1.82, 2.24) is 5.32 Å². The molecular weight excluding hydrogens is 605 g/mol. The molecular formula is C48H42N2. The van der Waals surface area contributed by atoms with E-state index in [1.54, 1.807) is 0 Å². The zero-order valence-corrected chi connectivity index (χ0v) is 29.2. The monoisotopic (exact) mass is 646 g/mol. The van der Waals surface area contributed by atoms with E-state index in [0.717, 1.165) is 17.7 Å². The van der Waals surface area contributed by atoms with E-state index in [0.29, 0.717) is 0 Å². The molecule has 0 bridgehead atoms. The van der Waals surface area contributed by atoms with Crippen molar-refractivity contribution in [2.24, 2.45) is 5.73 Å². The highest BCUT2D eigenvalue weighted by Crippen LogP contribution is 2.53. The predicted octanol–water partition coefficient (Wildman–Crippen LogP) is 11.4. The number of benzene rings is 7. The van der Waals surface area contributed by atoms with Gasteiger partial charge in [0, 0.05) is 22.1 Å². The van der Waals surface area contributed by atoms with Gasteiger partial charge in [-0.3, -0.25) is 0 Å². The lowest BCUT2D eigenvalue weighted by Crippen LogP contribution is -2.28. The molecule has 0 spiro atoms. The van der Waals surface area contributed by atoms with Crippen LogP contribution in [0.4, 0.5) is 0 Å². The molecule has 0 heterocycles. The fourth-order valence-corrected chi connectivity index (χ4v) is 8.76. The number of fused-ring (bicyclic) bond motifs is 9. The molecule has 2 heteroatoms. The van der Waals surface area contributed by atoms with Gasteiger partial charge in [0.05, 0.1) is 0 Å². The third-order valence-electron chi connectivity index (χ3n) is 11.5. The fourth-order valence-electron chi connectivity index (χ4n) is 8.76.